The molecule has 0 aromatic heterocycles. The number of carbonyl (C=O) groups is 2. The lowest BCUT2D eigenvalue weighted by Gasteiger charge is -2.54. The first-order valence-electron chi connectivity index (χ1n) is 11.2. The number of carboxylic acid groups (broad SMARTS) is 1. The molecular formula is C23H31N3O3. The lowest BCUT2D eigenvalue weighted by atomic mass is 9.57. The van der Waals surface area contributed by atoms with Crippen molar-refractivity contribution in [1.29, 1.82) is 0 Å². The van der Waals surface area contributed by atoms with E-state index < -0.39 is 11.4 Å². The Morgan fingerprint density at radius 3 is 2.17 bits per heavy atom. The summed E-state index contributed by atoms with van der Waals surface area (Å²) < 4.78 is 0. The number of hydrogen-bond acceptors (Lipinski definition) is 3. The van der Waals surface area contributed by atoms with Crippen molar-refractivity contribution in [2.24, 2.45) is 5.41 Å². The first-order valence-corrected chi connectivity index (χ1v) is 11.2. The van der Waals surface area contributed by atoms with Gasteiger partial charge in [-0.15, -0.1) is 0 Å². The molecule has 0 unspecified atom stereocenters. The van der Waals surface area contributed by atoms with Gasteiger partial charge in [0.1, 0.15) is 0 Å². The Bertz CT molecular complexity index is 776. The third-order valence-corrected chi connectivity index (χ3v) is 8.26. The molecule has 0 spiro atoms. The van der Waals surface area contributed by atoms with Crippen molar-refractivity contribution in [3.05, 3.63) is 29.8 Å². The minimum atomic E-state index is -0.644. The normalized spacial score (nSPS) is 32.8. The van der Waals surface area contributed by atoms with Crippen LogP contribution in [0.2, 0.25) is 0 Å². The van der Waals surface area contributed by atoms with Gasteiger partial charge in [-0.25, -0.2) is 4.79 Å². The summed E-state index contributed by atoms with van der Waals surface area (Å²) >= 11 is 0. The van der Waals surface area contributed by atoms with Crippen LogP contribution in [0.5, 0.6) is 0 Å². The van der Waals surface area contributed by atoms with E-state index in [1.165, 1.54) is 18.4 Å². The molecule has 0 atom stereocenters. The van der Waals surface area contributed by atoms with Gasteiger partial charge in [-0.2, -0.15) is 0 Å². The maximum absolute atomic E-state index is 13.3. The van der Waals surface area contributed by atoms with Gasteiger partial charge in [0.15, 0.2) is 0 Å². The van der Waals surface area contributed by atoms with Crippen LogP contribution in [0.3, 0.4) is 0 Å². The second kappa shape index (κ2) is 7.01. The number of anilines is 1. The lowest BCUT2D eigenvalue weighted by molar-refractivity contribution is -0.158. The zero-order valence-electron chi connectivity index (χ0n) is 17.0. The Labute approximate surface area is 172 Å². The average molecular weight is 398 g/mol. The van der Waals surface area contributed by atoms with Crippen LogP contribution in [0.4, 0.5) is 10.5 Å². The van der Waals surface area contributed by atoms with E-state index in [1.807, 2.05) is 4.90 Å². The highest BCUT2D eigenvalue weighted by molar-refractivity contribution is 5.94. The van der Waals surface area contributed by atoms with E-state index in [0.717, 1.165) is 51.1 Å². The number of aliphatic carboxylic acids is 1. The number of rotatable bonds is 4. The molecule has 1 aromatic carbocycles. The molecule has 3 saturated carbocycles. The first-order chi connectivity index (χ1) is 14.0. The van der Waals surface area contributed by atoms with Gasteiger partial charge in [-0.3, -0.25) is 9.69 Å². The highest BCUT2D eigenvalue weighted by Gasteiger charge is 2.57. The number of urea groups is 1. The Morgan fingerprint density at radius 1 is 0.966 bits per heavy atom. The fraction of sp³-hybridized carbons (Fsp3) is 0.652. The van der Waals surface area contributed by atoms with Crippen LogP contribution in [0.1, 0.15) is 62.8 Å². The van der Waals surface area contributed by atoms with Crippen molar-refractivity contribution in [2.45, 2.75) is 62.8 Å². The van der Waals surface area contributed by atoms with Crippen LogP contribution in [0.15, 0.2) is 24.3 Å². The Balaban J connectivity index is 1.29. The zero-order valence-corrected chi connectivity index (χ0v) is 17.0. The number of carboxylic acids is 1. The van der Waals surface area contributed by atoms with Gasteiger partial charge in [-0.1, -0.05) is 12.1 Å². The van der Waals surface area contributed by atoms with Gasteiger partial charge in [0.25, 0.3) is 0 Å². The van der Waals surface area contributed by atoms with Gasteiger partial charge < -0.3 is 15.3 Å². The summed E-state index contributed by atoms with van der Waals surface area (Å²) in [5.41, 5.74) is 1.70. The highest BCUT2D eigenvalue weighted by Crippen LogP contribution is 2.55. The minimum Gasteiger partial charge on any atom is -0.481 e. The van der Waals surface area contributed by atoms with Crippen molar-refractivity contribution < 1.29 is 14.7 Å². The molecule has 5 fully saturated rings. The molecule has 6 nitrogen and oxygen atoms in total. The molecule has 2 bridgehead atoms. The summed E-state index contributed by atoms with van der Waals surface area (Å²) in [6.45, 7) is 3.63. The molecule has 2 heterocycles. The maximum Gasteiger partial charge on any atom is 0.325 e. The summed E-state index contributed by atoms with van der Waals surface area (Å²) in [6.07, 6.45) is 6.95. The Hall–Kier alpha value is -2.08. The molecule has 156 valence electrons. The smallest absolute Gasteiger partial charge is 0.325 e. The number of nitrogens with one attached hydrogen (secondary N) is 1. The van der Waals surface area contributed by atoms with Crippen LogP contribution in [0, 0.1) is 5.41 Å². The van der Waals surface area contributed by atoms with Crippen LogP contribution >= 0.6 is 0 Å². The maximum atomic E-state index is 13.3. The molecule has 29 heavy (non-hydrogen) atoms. The van der Waals surface area contributed by atoms with Crippen molar-refractivity contribution in [3.63, 3.8) is 0 Å². The third-order valence-electron chi connectivity index (χ3n) is 8.26. The molecule has 6 rings (SSSR count). The Morgan fingerprint density at radius 2 is 1.59 bits per heavy atom. The SMILES string of the molecule is O=C1N(c2ccc(C3CCNCC3)cc2)CCN1C12CCC(C(=O)O)(CC1)CC2. The molecular weight excluding hydrogens is 366 g/mol. The fourth-order valence-corrected chi connectivity index (χ4v) is 6.19. The van der Waals surface area contributed by atoms with E-state index in [-0.39, 0.29) is 11.6 Å². The van der Waals surface area contributed by atoms with E-state index in [0.29, 0.717) is 25.2 Å². The quantitative estimate of drug-likeness (QED) is 0.815. The molecule has 2 aliphatic heterocycles. The van der Waals surface area contributed by atoms with E-state index in [4.69, 9.17) is 0 Å². The number of carbonyl (C=O) groups excluding carboxylic acids is 1. The highest BCUT2D eigenvalue weighted by atomic mass is 16.4. The van der Waals surface area contributed by atoms with Crippen molar-refractivity contribution in [2.75, 3.05) is 31.1 Å². The zero-order chi connectivity index (χ0) is 20.1. The predicted molar refractivity (Wildman–Crippen MR) is 111 cm³/mol. The topological polar surface area (TPSA) is 72.9 Å². The summed E-state index contributed by atoms with van der Waals surface area (Å²) in [4.78, 5) is 29.0. The number of hydrogen-bond donors (Lipinski definition) is 2. The molecule has 2 amide bonds. The van der Waals surface area contributed by atoms with Crippen molar-refractivity contribution >= 4 is 17.7 Å². The lowest BCUT2D eigenvalue weighted by Crippen LogP contribution is -2.59. The molecule has 2 saturated heterocycles. The number of nitrogens with zero attached hydrogens (tertiary/aromatic N) is 2. The first kappa shape index (κ1) is 18.9. The molecule has 0 radical (unpaired) electrons. The van der Waals surface area contributed by atoms with Crippen LogP contribution < -0.4 is 10.2 Å². The van der Waals surface area contributed by atoms with Gasteiger partial charge in [0.05, 0.1) is 5.41 Å². The summed E-state index contributed by atoms with van der Waals surface area (Å²) in [5.74, 6) is -0.0250. The molecule has 1 aromatic rings. The van der Waals surface area contributed by atoms with Crippen LogP contribution in [-0.2, 0) is 4.79 Å². The summed E-state index contributed by atoms with van der Waals surface area (Å²) in [6, 6.07) is 8.70. The number of piperidine rings is 1. The standard InChI is InChI=1S/C23H31N3O3/c27-20(28)22-7-10-23(11-8-22,12-9-22)26-16-15-25(21(26)29)19-3-1-17(2-4-19)18-5-13-24-14-6-18/h1-4,18,24H,5-16H2,(H,27,28). The van der Waals surface area contributed by atoms with Gasteiger partial charge in [-0.05, 0) is 88.1 Å². The van der Waals surface area contributed by atoms with E-state index in [9.17, 15) is 14.7 Å². The number of fused-ring (bicyclic) bond motifs is 3. The van der Waals surface area contributed by atoms with Crippen LogP contribution in [0.25, 0.3) is 0 Å². The van der Waals surface area contributed by atoms with E-state index >= 15 is 0 Å². The molecule has 2 N–H and O–H groups in total. The number of amides is 2. The van der Waals surface area contributed by atoms with Gasteiger partial charge in [0, 0.05) is 24.3 Å². The average Bonchev–Trinajstić information content (AvgIpc) is 3.18. The monoisotopic (exact) mass is 397 g/mol. The van der Waals surface area contributed by atoms with Gasteiger partial charge >= 0.3 is 12.0 Å². The van der Waals surface area contributed by atoms with E-state index in [2.05, 4.69) is 34.5 Å². The summed E-state index contributed by atoms with van der Waals surface area (Å²) in [5, 5.41) is 13.0. The molecule has 5 aliphatic rings. The molecule has 6 heteroatoms. The predicted octanol–water partition coefficient (Wildman–Crippen LogP) is 3.57. The van der Waals surface area contributed by atoms with Gasteiger partial charge in [0.2, 0.25) is 0 Å². The third kappa shape index (κ3) is 3.03. The summed E-state index contributed by atoms with van der Waals surface area (Å²) in [7, 11) is 0. The number of benzene rings is 1. The largest absolute Gasteiger partial charge is 0.481 e. The minimum absolute atomic E-state index is 0.101. The van der Waals surface area contributed by atoms with Crippen molar-refractivity contribution in [1.82, 2.24) is 10.2 Å². The van der Waals surface area contributed by atoms with Crippen molar-refractivity contribution in [3.8, 4) is 0 Å². The van der Waals surface area contributed by atoms with Crippen LogP contribution in [-0.4, -0.2) is 53.7 Å². The molecule has 3 aliphatic carbocycles. The Kier molecular flexibility index (Phi) is 4.57. The fourth-order valence-electron chi connectivity index (χ4n) is 6.19. The second-order valence-corrected chi connectivity index (χ2v) is 9.51. The second-order valence-electron chi connectivity index (χ2n) is 9.51. The van der Waals surface area contributed by atoms with E-state index in [1.54, 1.807) is 0 Å².